The minimum absolute atomic E-state index is 0.00692. The molecule has 2 fully saturated rings. The maximum atomic E-state index is 14.0. The van der Waals surface area contributed by atoms with Gasteiger partial charge in [-0.1, -0.05) is 45.0 Å². The van der Waals surface area contributed by atoms with Crippen LogP contribution in [0.1, 0.15) is 44.4 Å². The highest BCUT2D eigenvalue weighted by molar-refractivity contribution is 5.78. The van der Waals surface area contributed by atoms with Crippen molar-refractivity contribution in [1.29, 1.82) is 0 Å². The average molecular weight is 597 g/mol. The second kappa shape index (κ2) is 12.2. The topological polar surface area (TPSA) is 71.0 Å². The summed E-state index contributed by atoms with van der Waals surface area (Å²) in [6, 6.07) is 16.8. The fraction of sp³-hybridized carbons (Fsp3) is 0.441. The van der Waals surface area contributed by atoms with Gasteiger partial charge in [0.15, 0.2) is 11.6 Å². The van der Waals surface area contributed by atoms with Crippen LogP contribution in [0.4, 0.5) is 13.2 Å². The lowest BCUT2D eigenvalue weighted by Crippen LogP contribution is -2.43. The Morgan fingerprint density at radius 1 is 0.907 bits per heavy atom. The number of rotatable bonds is 12. The molecular weight excluding hydrogens is 557 g/mol. The van der Waals surface area contributed by atoms with Gasteiger partial charge in [0.1, 0.15) is 23.9 Å². The number of piperidine rings is 1. The lowest BCUT2D eigenvalue weighted by molar-refractivity contribution is -0.153. The second-order valence-corrected chi connectivity index (χ2v) is 12.9. The number of carbonyl (C=O) groups is 1. The molecule has 43 heavy (non-hydrogen) atoms. The maximum Gasteiger partial charge on any atom is 0.348 e. The number of aliphatic carboxylic acids is 1. The van der Waals surface area contributed by atoms with Crippen molar-refractivity contribution in [3.05, 3.63) is 94.8 Å². The number of halogens is 3. The lowest BCUT2D eigenvalue weighted by atomic mass is 9.87. The number of nitrogens with one attached hydrogen (secondary N) is 1. The molecule has 3 aromatic rings. The van der Waals surface area contributed by atoms with Crippen LogP contribution < -0.4 is 14.8 Å². The molecule has 4 atom stereocenters. The highest BCUT2D eigenvalue weighted by Gasteiger charge is 2.55. The molecule has 2 N–H and O–H groups in total. The van der Waals surface area contributed by atoms with Gasteiger partial charge in [0.05, 0.1) is 0 Å². The standard InChI is InChI=1S/C34H39F3N2O4/c1-33(2,3)23-7-11-25(12-8-23)43-34(4,32(40)41)17-21-5-9-24(10-6-21)42-14-13-38-31-26-19-39(20-27(26)31)18-22-15-29(36)30(37)16-28(22)35/h5-12,15-16,26-27,31,38H,13-14,17-20H2,1-4H3,(H,40,41)/t26-,27+,31+,34?. The van der Waals surface area contributed by atoms with Crippen LogP contribution in [0.25, 0.3) is 0 Å². The lowest BCUT2D eigenvalue weighted by Gasteiger charge is -2.27. The summed E-state index contributed by atoms with van der Waals surface area (Å²) in [6.07, 6.45) is 0.190. The molecule has 0 aromatic heterocycles. The number of hydrogen-bond acceptors (Lipinski definition) is 5. The van der Waals surface area contributed by atoms with E-state index in [0.717, 1.165) is 30.3 Å². The van der Waals surface area contributed by atoms with E-state index in [-0.39, 0.29) is 23.9 Å². The van der Waals surface area contributed by atoms with E-state index < -0.39 is 29.0 Å². The van der Waals surface area contributed by atoms with Crippen molar-refractivity contribution in [3.63, 3.8) is 0 Å². The van der Waals surface area contributed by atoms with E-state index in [0.29, 0.717) is 48.6 Å². The first-order valence-corrected chi connectivity index (χ1v) is 14.7. The van der Waals surface area contributed by atoms with Crippen LogP contribution in [0.5, 0.6) is 11.5 Å². The first-order valence-electron chi connectivity index (χ1n) is 14.7. The molecule has 0 spiro atoms. The highest BCUT2D eigenvalue weighted by atomic mass is 19.2. The number of carboxylic acids is 1. The van der Waals surface area contributed by atoms with Crippen molar-refractivity contribution in [3.8, 4) is 11.5 Å². The fourth-order valence-electron chi connectivity index (χ4n) is 5.90. The van der Waals surface area contributed by atoms with E-state index in [4.69, 9.17) is 9.47 Å². The Bertz CT molecular complexity index is 1430. The molecule has 1 aliphatic carbocycles. The zero-order chi connectivity index (χ0) is 30.9. The van der Waals surface area contributed by atoms with Crippen molar-refractivity contribution >= 4 is 5.97 Å². The number of fused-ring (bicyclic) bond motifs is 1. The van der Waals surface area contributed by atoms with Crippen molar-refractivity contribution in [2.45, 2.75) is 57.7 Å². The quantitative estimate of drug-likeness (QED) is 0.199. The molecule has 0 amide bonds. The van der Waals surface area contributed by atoms with E-state index in [1.54, 1.807) is 6.92 Å². The molecule has 9 heteroatoms. The Kier molecular flexibility index (Phi) is 8.77. The first kappa shape index (κ1) is 30.9. The molecule has 1 saturated carbocycles. The summed E-state index contributed by atoms with van der Waals surface area (Å²) >= 11 is 0. The van der Waals surface area contributed by atoms with Gasteiger partial charge in [-0.25, -0.2) is 18.0 Å². The third-order valence-corrected chi connectivity index (χ3v) is 8.48. The molecule has 6 nitrogen and oxygen atoms in total. The molecule has 5 rings (SSSR count). The van der Waals surface area contributed by atoms with Gasteiger partial charge in [-0.05, 0) is 65.6 Å². The molecule has 2 aliphatic rings. The predicted molar refractivity (Wildman–Crippen MR) is 158 cm³/mol. The molecular formula is C34H39F3N2O4. The third-order valence-electron chi connectivity index (χ3n) is 8.48. The number of hydrogen-bond donors (Lipinski definition) is 2. The average Bonchev–Trinajstić information content (AvgIpc) is 3.39. The number of benzene rings is 3. The molecule has 3 aromatic carbocycles. The van der Waals surface area contributed by atoms with Gasteiger partial charge in [-0.15, -0.1) is 0 Å². The normalized spacial score (nSPS) is 21.2. The van der Waals surface area contributed by atoms with Crippen molar-refractivity contribution < 1.29 is 32.5 Å². The van der Waals surface area contributed by atoms with Gasteiger partial charge in [-0.3, -0.25) is 4.90 Å². The van der Waals surface area contributed by atoms with Crippen molar-refractivity contribution in [1.82, 2.24) is 10.2 Å². The van der Waals surface area contributed by atoms with Crippen molar-refractivity contribution in [2.24, 2.45) is 11.8 Å². The van der Waals surface area contributed by atoms with Gasteiger partial charge in [0.25, 0.3) is 0 Å². The van der Waals surface area contributed by atoms with Crippen LogP contribution in [-0.4, -0.2) is 53.9 Å². The van der Waals surface area contributed by atoms with Crippen LogP contribution in [0, 0.1) is 29.3 Å². The highest BCUT2D eigenvalue weighted by Crippen LogP contribution is 2.45. The molecule has 1 unspecified atom stereocenters. The Morgan fingerprint density at radius 3 is 2.12 bits per heavy atom. The molecule has 0 radical (unpaired) electrons. The second-order valence-electron chi connectivity index (χ2n) is 12.9. The first-order chi connectivity index (χ1) is 20.3. The zero-order valence-corrected chi connectivity index (χ0v) is 25.0. The summed E-state index contributed by atoms with van der Waals surface area (Å²) < 4.78 is 52.5. The summed E-state index contributed by atoms with van der Waals surface area (Å²) in [6.45, 7) is 10.9. The molecule has 1 saturated heterocycles. The van der Waals surface area contributed by atoms with Gasteiger partial charge in [-0.2, -0.15) is 0 Å². The minimum Gasteiger partial charge on any atom is -0.492 e. The Hall–Kier alpha value is -3.56. The van der Waals surface area contributed by atoms with E-state index >= 15 is 0 Å². The Labute approximate surface area is 250 Å². The maximum absolute atomic E-state index is 14.0. The van der Waals surface area contributed by atoms with E-state index in [9.17, 15) is 23.1 Å². The Morgan fingerprint density at radius 2 is 1.51 bits per heavy atom. The van der Waals surface area contributed by atoms with E-state index in [1.807, 2.05) is 48.5 Å². The monoisotopic (exact) mass is 596 g/mol. The Balaban J connectivity index is 1.04. The van der Waals surface area contributed by atoms with E-state index in [1.165, 1.54) is 0 Å². The van der Waals surface area contributed by atoms with Crippen LogP contribution in [0.3, 0.4) is 0 Å². The zero-order valence-electron chi connectivity index (χ0n) is 25.0. The predicted octanol–water partition coefficient (Wildman–Crippen LogP) is 5.97. The number of nitrogens with zero attached hydrogens (tertiary/aromatic N) is 1. The van der Waals surface area contributed by atoms with Crippen molar-refractivity contribution in [2.75, 3.05) is 26.2 Å². The summed E-state index contributed by atoms with van der Waals surface area (Å²) in [5.74, 6) is -1.84. The summed E-state index contributed by atoms with van der Waals surface area (Å²) in [5, 5.41) is 13.5. The molecule has 0 bridgehead atoms. The van der Waals surface area contributed by atoms with Gasteiger partial charge < -0.3 is 19.9 Å². The smallest absolute Gasteiger partial charge is 0.348 e. The molecule has 1 heterocycles. The number of likely N-dealkylation sites (tertiary alicyclic amines) is 1. The van der Waals surface area contributed by atoms with Crippen LogP contribution in [0.15, 0.2) is 60.7 Å². The van der Waals surface area contributed by atoms with Crippen LogP contribution in [-0.2, 0) is 23.2 Å². The number of carboxylic acid groups (broad SMARTS) is 1. The molecule has 1 aliphatic heterocycles. The molecule has 230 valence electrons. The largest absolute Gasteiger partial charge is 0.492 e. The SMILES string of the molecule is CC(Cc1ccc(OCCN[C@H]2[C@@H]3CN(Cc4cc(F)c(F)cc4F)C[C@@H]32)cc1)(Oc1ccc(C(C)(C)C)cc1)C(=O)O. The van der Waals surface area contributed by atoms with Gasteiger partial charge in [0.2, 0.25) is 5.60 Å². The minimum atomic E-state index is -1.43. The number of ether oxygens (including phenoxy) is 2. The summed E-state index contributed by atoms with van der Waals surface area (Å²) in [4.78, 5) is 14.2. The summed E-state index contributed by atoms with van der Waals surface area (Å²) in [7, 11) is 0. The van der Waals surface area contributed by atoms with Gasteiger partial charge >= 0.3 is 5.97 Å². The van der Waals surface area contributed by atoms with Crippen LogP contribution >= 0.6 is 0 Å². The third kappa shape index (κ3) is 7.33. The van der Waals surface area contributed by atoms with Gasteiger partial charge in [0, 0.05) is 50.3 Å². The summed E-state index contributed by atoms with van der Waals surface area (Å²) in [5.41, 5.74) is 0.698. The van der Waals surface area contributed by atoms with Crippen LogP contribution in [0.2, 0.25) is 0 Å². The van der Waals surface area contributed by atoms with E-state index in [2.05, 4.69) is 31.0 Å². The fourth-order valence-corrected chi connectivity index (χ4v) is 5.90.